The lowest BCUT2D eigenvalue weighted by Gasteiger charge is -2.27. The van der Waals surface area contributed by atoms with Crippen molar-refractivity contribution in [2.24, 2.45) is 0 Å². The predicted molar refractivity (Wildman–Crippen MR) is 63.6 cm³/mol. The second-order valence-corrected chi connectivity index (χ2v) is 4.68. The predicted octanol–water partition coefficient (Wildman–Crippen LogP) is 0.931. The summed E-state index contributed by atoms with van der Waals surface area (Å²) in [4.78, 5) is 0. The second-order valence-electron chi connectivity index (χ2n) is 4.68. The fourth-order valence-electron chi connectivity index (χ4n) is 1.54. The molecule has 96 valence electrons. The standard InChI is InChI=1S/C12H25NO3/c1-10(2)16-7-6-15-9-12(14)8-13-11-4-3-5-11/h10-14H,3-9H2,1-2H3. The molecule has 0 bridgehead atoms. The average molecular weight is 231 g/mol. The number of ether oxygens (including phenoxy) is 2. The van der Waals surface area contributed by atoms with Crippen molar-refractivity contribution in [2.45, 2.75) is 51.4 Å². The van der Waals surface area contributed by atoms with Gasteiger partial charge in [-0.2, -0.15) is 0 Å². The van der Waals surface area contributed by atoms with Crippen molar-refractivity contribution in [3.8, 4) is 0 Å². The largest absolute Gasteiger partial charge is 0.389 e. The first kappa shape index (κ1) is 13.9. The van der Waals surface area contributed by atoms with E-state index in [1.165, 1.54) is 19.3 Å². The lowest BCUT2D eigenvalue weighted by atomic mass is 9.93. The van der Waals surface area contributed by atoms with Crippen LogP contribution in [0.4, 0.5) is 0 Å². The molecule has 0 aromatic heterocycles. The molecule has 0 aromatic rings. The Kier molecular flexibility index (Phi) is 6.96. The van der Waals surface area contributed by atoms with Gasteiger partial charge in [0.1, 0.15) is 0 Å². The maximum absolute atomic E-state index is 9.60. The van der Waals surface area contributed by atoms with Gasteiger partial charge in [-0.15, -0.1) is 0 Å². The summed E-state index contributed by atoms with van der Waals surface area (Å²) in [5, 5.41) is 12.9. The molecule has 1 fully saturated rings. The van der Waals surface area contributed by atoms with Gasteiger partial charge >= 0.3 is 0 Å². The van der Waals surface area contributed by atoms with E-state index in [1.54, 1.807) is 0 Å². The molecular weight excluding hydrogens is 206 g/mol. The number of nitrogens with one attached hydrogen (secondary N) is 1. The van der Waals surface area contributed by atoms with Crippen LogP contribution in [-0.2, 0) is 9.47 Å². The van der Waals surface area contributed by atoms with Gasteiger partial charge in [0, 0.05) is 12.6 Å². The smallest absolute Gasteiger partial charge is 0.0897 e. The third-order valence-electron chi connectivity index (χ3n) is 2.74. The average Bonchev–Trinajstić information content (AvgIpc) is 2.14. The van der Waals surface area contributed by atoms with Crippen molar-refractivity contribution in [1.29, 1.82) is 0 Å². The first-order chi connectivity index (χ1) is 7.68. The normalized spacial score (nSPS) is 18.8. The van der Waals surface area contributed by atoms with Crippen LogP contribution in [0.15, 0.2) is 0 Å². The molecule has 1 saturated carbocycles. The molecule has 2 N–H and O–H groups in total. The van der Waals surface area contributed by atoms with E-state index in [0.717, 1.165) is 0 Å². The van der Waals surface area contributed by atoms with Crippen molar-refractivity contribution in [3.63, 3.8) is 0 Å². The van der Waals surface area contributed by atoms with Crippen molar-refractivity contribution >= 4 is 0 Å². The van der Waals surface area contributed by atoms with E-state index < -0.39 is 6.10 Å². The number of aliphatic hydroxyl groups excluding tert-OH is 1. The summed E-state index contributed by atoms with van der Waals surface area (Å²) >= 11 is 0. The minimum Gasteiger partial charge on any atom is -0.389 e. The van der Waals surface area contributed by atoms with Gasteiger partial charge < -0.3 is 19.9 Å². The molecule has 1 atom stereocenters. The topological polar surface area (TPSA) is 50.7 Å². The first-order valence-electron chi connectivity index (χ1n) is 6.29. The summed E-state index contributed by atoms with van der Waals surface area (Å²) < 4.78 is 10.6. The van der Waals surface area contributed by atoms with Crippen LogP contribution in [0.2, 0.25) is 0 Å². The quantitative estimate of drug-likeness (QED) is 0.580. The molecule has 1 aliphatic carbocycles. The van der Waals surface area contributed by atoms with Crippen LogP contribution < -0.4 is 5.32 Å². The molecular formula is C12H25NO3. The zero-order chi connectivity index (χ0) is 11.8. The molecule has 1 unspecified atom stereocenters. The van der Waals surface area contributed by atoms with E-state index >= 15 is 0 Å². The van der Waals surface area contributed by atoms with Crippen LogP contribution in [0, 0.1) is 0 Å². The molecule has 0 spiro atoms. The Labute approximate surface area is 98.3 Å². The number of rotatable bonds is 9. The minimum absolute atomic E-state index is 0.244. The lowest BCUT2D eigenvalue weighted by Crippen LogP contribution is -2.41. The first-order valence-corrected chi connectivity index (χ1v) is 6.29. The van der Waals surface area contributed by atoms with Crippen molar-refractivity contribution in [3.05, 3.63) is 0 Å². The van der Waals surface area contributed by atoms with Gasteiger partial charge in [-0.3, -0.25) is 0 Å². The van der Waals surface area contributed by atoms with Crippen LogP contribution in [0.5, 0.6) is 0 Å². The van der Waals surface area contributed by atoms with Gasteiger partial charge in [0.05, 0.1) is 32.0 Å². The Morgan fingerprint density at radius 2 is 2.06 bits per heavy atom. The van der Waals surface area contributed by atoms with Gasteiger partial charge in [-0.25, -0.2) is 0 Å². The number of hydrogen-bond donors (Lipinski definition) is 2. The number of hydrogen-bond acceptors (Lipinski definition) is 4. The van der Waals surface area contributed by atoms with E-state index in [4.69, 9.17) is 9.47 Å². The molecule has 1 rings (SSSR count). The number of aliphatic hydroxyl groups is 1. The van der Waals surface area contributed by atoms with Crippen LogP contribution >= 0.6 is 0 Å². The third-order valence-corrected chi connectivity index (χ3v) is 2.74. The molecule has 4 nitrogen and oxygen atoms in total. The van der Waals surface area contributed by atoms with Gasteiger partial charge in [0.15, 0.2) is 0 Å². The van der Waals surface area contributed by atoms with E-state index in [-0.39, 0.29) is 6.10 Å². The Morgan fingerprint density at radius 1 is 1.31 bits per heavy atom. The van der Waals surface area contributed by atoms with E-state index in [2.05, 4.69) is 5.32 Å². The van der Waals surface area contributed by atoms with Crippen LogP contribution in [0.25, 0.3) is 0 Å². The van der Waals surface area contributed by atoms with Crippen molar-refractivity contribution in [2.75, 3.05) is 26.4 Å². The zero-order valence-corrected chi connectivity index (χ0v) is 10.4. The van der Waals surface area contributed by atoms with Crippen molar-refractivity contribution < 1.29 is 14.6 Å². The maximum atomic E-state index is 9.60. The molecule has 1 aliphatic rings. The van der Waals surface area contributed by atoms with E-state index in [1.807, 2.05) is 13.8 Å². The highest BCUT2D eigenvalue weighted by Crippen LogP contribution is 2.17. The molecule has 16 heavy (non-hydrogen) atoms. The summed E-state index contributed by atoms with van der Waals surface area (Å²) in [7, 11) is 0. The highest BCUT2D eigenvalue weighted by Gasteiger charge is 2.17. The van der Waals surface area contributed by atoms with Crippen LogP contribution in [0.1, 0.15) is 33.1 Å². The molecule has 0 heterocycles. The summed E-state index contributed by atoms with van der Waals surface area (Å²) in [5.41, 5.74) is 0. The fraction of sp³-hybridized carbons (Fsp3) is 1.00. The van der Waals surface area contributed by atoms with Gasteiger partial charge in [-0.1, -0.05) is 6.42 Å². The Morgan fingerprint density at radius 3 is 2.62 bits per heavy atom. The zero-order valence-electron chi connectivity index (χ0n) is 10.4. The molecule has 0 aliphatic heterocycles. The highest BCUT2D eigenvalue weighted by atomic mass is 16.5. The Bertz CT molecular complexity index is 172. The van der Waals surface area contributed by atoms with Gasteiger partial charge in [0.2, 0.25) is 0 Å². The van der Waals surface area contributed by atoms with Gasteiger partial charge in [0.25, 0.3) is 0 Å². The second kappa shape index (κ2) is 8.01. The van der Waals surface area contributed by atoms with E-state index in [9.17, 15) is 5.11 Å². The SMILES string of the molecule is CC(C)OCCOCC(O)CNC1CCC1. The molecule has 0 aromatic carbocycles. The molecule has 0 radical (unpaired) electrons. The summed E-state index contributed by atoms with van der Waals surface area (Å²) in [6.45, 7) is 6.17. The highest BCUT2D eigenvalue weighted by molar-refractivity contribution is 4.77. The third kappa shape index (κ3) is 6.43. The lowest BCUT2D eigenvalue weighted by molar-refractivity contribution is -0.0110. The molecule has 4 heteroatoms. The summed E-state index contributed by atoms with van der Waals surface area (Å²) in [6, 6.07) is 0.624. The summed E-state index contributed by atoms with van der Waals surface area (Å²) in [6.07, 6.45) is 3.65. The van der Waals surface area contributed by atoms with Crippen LogP contribution in [0.3, 0.4) is 0 Å². The Balaban J connectivity index is 1.83. The Hall–Kier alpha value is -0.160. The van der Waals surface area contributed by atoms with Crippen molar-refractivity contribution in [1.82, 2.24) is 5.32 Å². The monoisotopic (exact) mass is 231 g/mol. The fourth-order valence-corrected chi connectivity index (χ4v) is 1.54. The van der Waals surface area contributed by atoms with Gasteiger partial charge in [-0.05, 0) is 26.7 Å². The minimum atomic E-state index is -0.403. The van der Waals surface area contributed by atoms with Crippen LogP contribution in [-0.4, -0.2) is 49.7 Å². The maximum Gasteiger partial charge on any atom is 0.0897 e. The summed E-state index contributed by atoms with van der Waals surface area (Å²) in [5.74, 6) is 0. The molecule has 0 saturated heterocycles. The van der Waals surface area contributed by atoms with E-state index in [0.29, 0.717) is 32.4 Å². The molecule has 0 amide bonds.